The molecule has 1 atom stereocenters. The molecule has 5 nitrogen and oxygen atoms in total. The minimum atomic E-state index is 0.00739. The van der Waals surface area contributed by atoms with Gasteiger partial charge in [-0.1, -0.05) is 31.4 Å². The second-order valence-electron chi connectivity index (χ2n) is 7.02. The number of ether oxygens (including phenoxy) is 1. The van der Waals surface area contributed by atoms with Crippen molar-refractivity contribution in [1.29, 1.82) is 0 Å². The molecule has 1 unspecified atom stereocenters. The van der Waals surface area contributed by atoms with Gasteiger partial charge in [0.15, 0.2) is 0 Å². The quantitative estimate of drug-likeness (QED) is 0.717. The Morgan fingerprint density at radius 3 is 2.58 bits per heavy atom. The standard InChI is InChI=1S/C21H32N2O3/c1-17(24)22-15-7-3-6-10-21(25)23-16-8-4-5-9-20(23)18-11-13-19(26-2)14-12-18/h11-14,20H,3-10,15-16H2,1-2H3,(H,22,24). The summed E-state index contributed by atoms with van der Waals surface area (Å²) >= 11 is 0. The highest BCUT2D eigenvalue weighted by molar-refractivity contribution is 5.76. The molecule has 0 aliphatic carbocycles. The van der Waals surface area contributed by atoms with Crippen LogP contribution in [-0.2, 0) is 9.59 Å². The second-order valence-corrected chi connectivity index (χ2v) is 7.02. The van der Waals surface area contributed by atoms with Gasteiger partial charge in [-0.15, -0.1) is 0 Å². The molecule has 1 aliphatic rings. The predicted octanol–water partition coefficient (Wildman–Crippen LogP) is 3.84. The lowest BCUT2D eigenvalue weighted by atomic mass is 10.00. The van der Waals surface area contributed by atoms with Crippen molar-refractivity contribution in [3.8, 4) is 5.75 Å². The number of rotatable bonds is 8. The maximum absolute atomic E-state index is 12.8. The van der Waals surface area contributed by atoms with Gasteiger partial charge in [0.05, 0.1) is 13.2 Å². The molecular formula is C21H32N2O3. The van der Waals surface area contributed by atoms with Crippen molar-refractivity contribution in [2.75, 3.05) is 20.2 Å². The zero-order valence-electron chi connectivity index (χ0n) is 16.1. The molecule has 0 saturated carbocycles. The predicted molar refractivity (Wildman–Crippen MR) is 103 cm³/mol. The van der Waals surface area contributed by atoms with Crippen LogP contribution in [0.15, 0.2) is 24.3 Å². The monoisotopic (exact) mass is 360 g/mol. The van der Waals surface area contributed by atoms with Gasteiger partial charge in [-0.05, 0) is 43.4 Å². The van der Waals surface area contributed by atoms with E-state index in [1.807, 2.05) is 12.1 Å². The molecule has 1 saturated heterocycles. The lowest BCUT2D eigenvalue weighted by Gasteiger charge is -2.31. The first-order chi connectivity index (χ1) is 12.6. The zero-order valence-corrected chi connectivity index (χ0v) is 16.1. The van der Waals surface area contributed by atoms with Crippen LogP contribution in [0.2, 0.25) is 0 Å². The van der Waals surface area contributed by atoms with Crippen molar-refractivity contribution in [2.45, 2.75) is 64.3 Å². The molecule has 0 radical (unpaired) electrons. The van der Waals surface area contributed by atoms with Gasteiger partial charge in [0.25, 0.3) is 0 Å². The molecule has 2 amide bonds. The average molecular weight is 360 g/mol. The fourth-order valence-corrected chi connectivity index (χ4v) is 3.57. The maximum Gasteiger partial charge on any atom is 0.223 e. The summed E-state index contributed by atoms with van der Waals surface area (Å²) in [5, 5.41) is 2.80. The van der Waals surface area contributed by atoms with Crippen LogP contribution in [0.4, 0.5) is 0 Å². The van der Waals surface area contributed by atoms with Crippen molar-refractivity contribution in [3.63, 3.8) is 0 Å². The highest BCUT2D eigenvalue weighted by Gasteiger charge is 2.26. The number of amides is 2. The summed E-state index contributed by atoms with van der Waals surface area (Å²) in [4.78, 5) is 25.8. The van der Waals surface area contributed by atoms with E-state index in [-0.39, 0.29) is 17.9 Å². The Morgan fingerprint density at radius 1 is 1.12 bits per heavy atom. The fourth-order valence-electron chi connectivity index (χ4n) is 3.57. The SMILES string of the molecule is COc1ccc(C2CCCCCN2C(=O)CCCCCNC(C)=O)cc1. The molecule has 1 heterocycles. The molecule has 5 heteroatoms. The highest BCUT2D eigenvalue weighted by atomic mass is 16.5. The second kappa shape index (κ2) is 10.8. The Bertz CT molecular complexity index is 571. The van der Waals surface area contributed by atoms with Gasteiger partial charge in [-0.25, -0.2) is 0 Å². The van der Waals surface area contributed by atoms with Gasteiger partial charge >= 0.3 is 0 Å². The Morgan fingerprint density at radius 2 is 1.88 bits per heavy atom. The first-order valence-electron chi connectivity index (χ1n) is 9.79. The number of benzene rings is 1. The lowest BCUT2D eigenvalue weighted by Crippen LogP contribution is -2.34. The van der Waals surface area contributed by atoms with E-state index in [0.717, 1.165) is 50.8 Å². The largest absolute Gasteiger partial charge is 0.497 e. The lowest BCUT2D eigenvalue weighted by molar-refractivity contribution is -0.133. The van der Waals surface area contributed by atoms with Crippen molar-refractivity contribution < 1.29 is 14.3 Å². The Balaban J connectivity index is 1.89. The minimum absolute atomic E-state index is 0.00739. The van der Waals surface area contributed by atoms with E-state index in [4.69, 9.17) is 4.74 Å². The Kier molecular flexibility index (Phi) is 8.45. The summed E-state index contributed by atoms with van der Waals surface area (Å²) in [5.41, 5.74) is 1.20. The zero-order chi connectivity index (χ0) is 18.8. The van der Waals surface area contributed by atoms with Crippen LogP contribution in [-0.4, -0.2) is 36.9 Å². The third kappa shape index (κ3) is 6.36. The van der Waals surface area contributed by atoms with Gasteiger partial charge < -0.3 is 15.0 Å². The van der Waals surface area contributed by atoms with Crippen LogP contribution in [0.1, 0.15) is 69.9 Å². The van der Waals surface area contributed by atoms with Gasteiger partial charge in [0.2, 0.25) is 11.8 Å². The van der Waals surface area contributed by atoms with Crippen molar-refractivity contribution >= 4 is 11.8 Å². The summed E-state index contributed by atoms with van der Waals surface area (Å²) in [5.74, 6) is 1.11. The summed E-state index contributed by atoms with van der Waals surface area (Å²) in [6.45, 7) is 3.07. The molecule has 0 spiro atoms. The van der Waals surface area contributed by atoms with Gasteiger partial charge in [0, 0.05) is 26.4 Å². The number of nitrogens with one attached hydrogen (secondary N) is 1. The summed E-state index contributed by atoms with van der Waals surface area (Å²) in [6.07, 6.45) is 7.82. The van der Waals surface area contributed by atoms with E-state index in [1.54, 1.807) is 7.11 Å². The van der Waals surface area contributed by atoms with Gasteiger partial charge in [0.1, 0.15) is 5.75 Å². The van der Waals surface area contributed by atoms with E-state index < -0.39 is 0 Å². The van der Waals surface area contributed by atoms with Crippen LogP contribution in [0.3, 0.4) is 0 Å². The van der Waals surface area contributed by atoms with E-state index in [0.29, 0.717) is 13.0 Å². The Labute approximate surface area is 157 Å². The van der Waals surface area contributed by atoms with Crippen molar-refractivity contribution in [2.24, 2.45) is 0 Å². The normalized spacial score (nSPS) is 17.5. The first kappa shape index (κ1) is 20.3. The molecule has 144 valence electrons. The molecule has 1 aromatic carbocycles. The summed E-state index contributed by atoms with van der Waals surface area (Å²) < 4.78 is 5.25. The molecule has 1 aliphatic heterocycles. The van der Waals surface area contributed by atoms with Crippen LogP contribution < -0.4 is 10.1 Å². The molecule has 0 aromatic heterocycles. The van der Waals surface area contributed by atoms with Crippen molar-refractivity contribution in [3.05, 3.63) is 29.8 Å². The number of unbranched alkanes of at least 4 members (excludes halogenated alkanes) is 2. The van der Waals surface area contributed by atoms with Crippen LogP contribution in [0.25, 0.3) is 0 Å². The topological polar surface area (TPSA) is 58.6 Å². The molecule has 1 N–H and O–H groups in total. The number of likely N-dealkylation sites (tertiary alicyclic amines) is 1. The molecule has 1 aromatic rings. The summed E-state index contributed by atoms with van der Waals surface area (Å²) in [7, 11) is 1.67. The summed E-state index contributed by atoms with van der Waals surface area (Å²) in [6, 6.07) is 8.30. The Hall–Kier alpha value is -2.04. The fraction of sp³-hybridized carbons (Fsp3) is 0.619. The average Bonchev–Trinajstić information content (AvgIpc) is 2.90. The van der Waals surface area contributed by atoms with Gasteiger partial charge in [-0.3, -0.25) is 9.59 Å². The van der Waals surface area contributed by atoms with E-state index in [9.17, 15) is 9.59 Å². The van der Waals surface area contributed by atoms with Crippen LogP contribution in [0, 0.1) is 0 Å². The smallest absolute Gasteiger partial charge is 0.223 e. The molecule has 2 rings (SSSR count). The first-order valence-corrected chi connectivity index (χ1v) is 9.79. The van der Waals surface area contributed by atoms with E-state index >= 15 is 0 Å². The molecular weight excluding hydrogens is 328 g/mol. The number of nitrogens with zero attached hydrogens (tertiary/aromatic N) is 1. The van der Waals surface area contributed by atoms with Crippen LogP contribution in [0.5, 0.6) is 5.75 Å². The third-order valence-electron chi connectivity index (χ3n) is 5.02. The maximum atomic E-state index is 12.8. The number of hydrogen-bond acceptors (Lipinski definition) is 3. The van der Waals surface area contributed by atoms with Crippen LogP contribution >= 0.6 is 0 Å². The van der Waals surface area contributed by atoms with Crippen molar-refractivity contribution in [1.82, 2.24) is 10.2 Å². The number of hydrogen-bond donors (Lipinski definition) is 1. The van der Waals surface area contributed by atoms with E-state index in [1.165, 1.54) is 18.9 Å². The molecule has 26 heavy (non-hydrogen) atoms. The minimum Gasteiger partial charge on any atom is -0.497 e. The highest BCUT2D eigenvalue weighted by Crippen LogP contribution is 2.31. The molecule has 0 bridgehead atoms. The number of methoxy groups -OCH3 is 1. The number of carbonyl (C=O) groups is 2. The number of carbonyl (C=O) groups excluding carboxylic acids is 2. The van der Waals surface area contributed by atoms with E-state index in [2.05, 4.69) is 22.3 Å². The molecule has 1 fully saturated rings. The van der Waals surface area contributed by atoms with Gasteiger partial charge in [-0.2, -0.15) is 0 Å². The third-order valence-corrected chi connectivity index (χ3v) is 5.02.